The van der Waals surface area contributed by atoms with Crippen LogP contribution in [-0.4, -0.2) is 0 Å². The molecule has 5 rings (SSSR count). The van der Waals surface area contributed by atoms with Crippen molar-refractivity contribution in [3.05, 3.63) is 146 Å². The molecule has 5 aromatic rings. The van der Waals surface area contributed by atoms with Gasteiger partial charge in [0.05, 0.1) is 0 Å². The van der Waals surface area contributed by atoms with E-state index in [0.29, 0.717) is 0 Å². The van der Waals surface area contributed by atoms with E-state index in [9.17, 15) is 0 Å². The van der Waals surface area contributed by atoms with Crippen LogP contribution in [0.3, 0.4) is 0 Å². The smallest absolute Gasteiger partial charge is 0.0620 e. The van der Waals surface area contributed by atoms with Crippen molar-refractivity contribution in [3.8, 4) is 0 Å². The van der Waals surface area contributed by atoms with Crippen molar-refractivity contribution < 1.29 is 0 Å². The molecule has 0 bridgehead atoms. The first kappa shape index (κ1) is 24.1. The molecule has 166 valence electrons. The second kappa shape index (κ2) is 10.6. The molecule has 0 aromatic heterocycles. The maximum absolute atomic E-state index is 2.80. The number of rotatable bonds is 6. The molecule has 4 heteroatoms. The largest absolute Gasteiger partial charge is 0.176 e. The Balaban J connectivity index is 1.85. The van der Waals surface area contributed by atoms with Gasteiger partial charge in [0.2, 0.25) is 0 Å². The predicted molar refractivity (Wildman–Crippen MR) is 172 cm³/mol. The van der Waals surface area contributed by atoms with Gasteiger partial charge in [-0.25, -0.2) is 0 Å². The standard InChI is InChI=1S/C30H24I2P2/c31-33(25-15-5-1-6-16-25,26-17-7-2-8-18-26)29-23-13-14-24-30(29)34(32,27-19-9-3-10-20-27)28-21-11-4-12-22-28/h1-24H/q+2. The lowest BCUT2D eigenvalue weighted by atomic mass is 10.3. The summed E-state index contributed by atoms with van der Waals surface area (Å²) in [5.74, 6) is 0. The molecule has 5 aromatic carbocycles. The van der Waals surface area contributed by atoms with Gasteiger partial charge in [0.1, 0.15) is 21.2 Å². The van der Waals surface area contributed by atoms with Crippen LogP contribution in [0.5, 0.6) is 0 Å². The van der Waals surface area contributed by atoms with Gasteiger partial charge in [0, 0.05) is 0 Å². The molecule has 0 atom stereocenters. The molecular weight excluding hydrogens is 676 g/mol. The zero-order chi connectivity index (χ0) is 23.4. The first-order valence-corrected chi connectivity index (χ1v) is 20.3. The fraction of sp³-hybridized carbons (Fsp3) is 0. The minimum atomic E-state index is -1.91. The summed E-state index contributed by atoms with van der Waals surface area (Å²) in [7, 11) is 0. The minimum absolute atomic E-state index is 1.40. The van der Waals surface area contributed by atoms with Crippen LogP contribution in [-0.2, 0) is 0 Å². The molecule has 0 radical (unpaired) electrons. The summed E-state index contributed by atoms with van der Waals surface area (Å²) in [6.07, 6.45) is 0. The highest BCUT2D eigenvalue weighted by Crippen LogP contribution is 2.68. The van der Waals surface area contributed by atoms with E-state index in [1.165, 1.54) is 31.8 Å². The van der Waals surface area contributed by atoms with Crippen LogP contribution in [0.1, 0.15) is 0 Å². The Morgan fingerprint density at radius 3 is 0.735 bits per heavy atom. The Labute approximate surface area is 229 Å². The van der Waals surface area contributed by atoms with E-state index < -0.39 is 9.81 Å². The summed E-state index contributed by atoms with van der Waals surface area (Å²) >= 11 is 5.60. The Morgan fingerprint density at radius 1 is 0.294 bits per heavy atom. The molecule has 0 aliphatic carbocycles. The Hall–Kier alpha value is -1.58. The van der Waals surface area contributed by atoms with Crippen molar-refractivity contribution in [3.63, 3.8) is 0 Å². The molecule has 0 nitrogen and oxygen atoms in total. The first-order chi connectivity index (χ1) is 16.6. The van der Waals surface area contributed by atoms with Gasteiger partial charge in [-0.15, -0.1) is 0 Å². The molecule has 0 saturated carbocycles. The van der Waals surface area contributed by atoms with E-state index in [1.807, 2.05) is 0 Å². The zero-order valence-electron chi connectivity index (χ0n) is 18.5. The topological polar surface area (TPSA) is 0 Å². The summed E-state index contributed by atoms with van der Waals surface area (Å²) in [4.78, 5) is -3.82. The molecule has 0 unspecified atom stereocenters. The summed E-state index contributed by atoms with van der Waals surface area (Å²) in [6, 6.07) is 53.5. The first-order valence-electron chi connectivity index (χ1n) is 11.1. The van der Waals surface area contributed by atoms with Gasteiger partial charge in [-0.1, -0.05) is 84.9 Å². The molecule has 0 aliphatic rings. The van der Waals surface area contributed by atoms with E-state index in [4.69, 9.17) is 0 Å². The van der Waals surface area contributed by atoms with Crippen molar-refractivity contribution in [2.45, 2.75) is 0 Å². The van der Waals surface area contributed by atoms with Gasteiger partial charge in [0.25, 0.3) is 0 Å². The second-order valence-electron chi connectivity index (χ2n) is 8.01. The van der Waals surface area contributed by atoms with Crippen LogP contribution >= 0.6 is 53.9 Å². The van der Waals surface area contributed by atoms with E-state index >= 15 is 0 Å². The van der Waals surface area contributed by atoms with Crippen molar-refractivity contribution >= 4 is 85.7 Å². The highest BCUT2D eigenvalue weighted by Gasteiger charge is 2.53. The molecule has 0 aliphatic heterocycles. The highest BCUT2D eigenvalue weighted by atomic mass is 127. The molecule has 0 N–H and O–H groups in total. The van der Waals surface area contributed by atoms with Gasteiger partial charge in [-0.3, -0.25) is 0 Å². The molecule has 0 heterocycles. The fourth-order valence-corrected chi connectivity index (χ4v) is 18.2. The molecule has 0 saturated heterocycles. The Kier molecular flexibility index (Phi) is 7.51. The van der Waals surface area contributed by atoms with Gasteiger partial charge in [-0.05, 0) is 60.7 Å². The van der Waals surface area contributed by atoms with Gasteiger partial charge < -0.3 is 0 Å². The Bertz CT molecular complexity index is 1170. The van der Waals surface area contributed by atoms with Gasteiger partial charge in [-0.2, -0.15) is 0 Å². The van der Waals surface area contributed by atoms with Crippen molar-refractivity contribution in [1.82, 2.24) is 0 Å². The number of hydrogen-bond acceptors (Lipinski definition) is 0. The number of halogens is 2. The quantitative estimate of drug-likeness (QED) is 0.133. The molecular formula is C30H24I2P2+2. The average Bonchev–Trinajstić information content (AvgIpc) is 2.94. The second-order valence-corrected chi connectivity index (χ2v) is 22.1. The molecule has 34 heavy (non-hydrogen) atoms. The molecule has 0 spiro atoms. The highest BCUT2D eigenvalue weighted by molar-refractivity contribution is 14.2. The van der Waals surface area contributed by atoms with Crippen LogP contribution in [0, 0.1) is 0 Å². The van der Waals surface area contributed by atoms with E-state index in [2.05, 4.69) is 190 Å². The maximum atomic E-state index is 2.80. The van der Waals surface area contributed by atoms with E-state index in [0.717, 1.165) is 0 Å². The summed E-state index contributed by atoms with van der Waals surface area (Å²) in [6.45, 7) is 0. The third-order valence-corrected chi connectivity index (χ3v) is 22.1. The predicted octanol–water partition coefficient (Wildman–Crippen LogP) is 6.97. The van der Waals surface area contributed by atoms with E-state index in [-0.39, 0.29) is 0 Å². The third kappa shape index (κ3) is 4.39. The monoisotopic (exact) mass is 700 g/mol. The fourth-order valence-electron chi connectivity index (χ4n) is 4.37. The lowest BCUT2D eigenvalue weighted by Gasteiger charge is -2.26. The van der Waals surface area contributed by atoms with Gasteiger partial charge in [0.15, 0.2) is 64.5 Å². The molecule has 0 amide bonds. The lowest BCUT2D eigenvalue weighted by Crippen LogP contribution is -2.40. The SMILES string of the molecule is I[P+](c1ccccc1)(c1ccccc1)c1ccccc1[P+](I)(c1ccccc1)c1ccccc1. The van der Waals surface area contributed by atoms with Crippen LogP contribution in [0.2, 0.25) is 0 Å². The minimum Gasteiger partial charge on any atom is -0.0620 e. The maximum Gasteiger partial charge on any atom is 0.176 e. The lowest BCUT2D eigenvalue weighted by molar-refractivity contribution is 1.74. The van der Waals surface area contributed by atoms with Crippen LogP contribution < -0.4 is 31.8 Å². The van der Waals surface area contributed by atoms with Crippen LogP contribution in [0.15, 0.2) is 146 Å². The molecule has 0 fully saturated rings. The van der Waals surface area contributed by atoms with Crippen molar-refractivity contribution in [2.24, 2.45) is 0 Å². The summed E-state index contributed by atoms with van der Waals surface area (Å²) in [5, 5.41) is 8.53. The van der Waals surface area contributed by atoms with Crippen molar-refractivity contribution in [1.29, 1.82) is 0 Å². The van der Waals surface area contributed by atoms with Crippen LogP contribution in [0.25, 0.3) is 0 Å². The van der Waals surface area contributed by atoms with Crippen molar-refractivity contribution in [2.75, 3.05) is 0 Å². The number of hydrogen-bond donors (Lipinski definition) is 0. The summed E-state index contributed by atoms with van der Waals surface area (Å²) in [5.41, 5.74) is 0. The summed E-state index contributed by atoms with van der Waals surface area (Å²) < 4.78 is 0. The normalized spacial score (nSPS) is 11.8. The number of benzene rings is 5. The van der Waals surface area contributed by atoms with E-state index in [1.54, 1.807) is 0 Å². The van der Waals surface area contributed by atoms with Gasteiger partial charge >= 0.3 is 0 Å². The average molecular weight is 700 g/mol. The third-order valence-electron chi connectivity index (χ3n) is 5.99. The van der Waals surface area contributed by atoms with Crippen LogP contribution in [0.4, 0.5) is 0 Å². The zero-order valence-corrected chi connectivity index (χ0v) is 24.6. The Morgan fingerprint density at radius 2 is 0.500 bits per heavy atom.